The van der Waals surface area contributed by atoms with Gasteiger partial charge in [0.2, 0.25) is 0 Å². The van der Waals surface area contributed by atoms with Crippen molar-refractivity contribution in [3.05, 3.63) is 29.4 Å². The molecule has 0 saturated carbocycles. The number of carbonyl (C=O) groups is 1. The van der Waals surface area contributed by atoms with Gasteiger partial charge in [-0.15, -0.1) is 0 Å². The van der Waals surface area contributed by atoms with E-state index in [2.05, 4.69) is 9.97 Å². The van der Waals surface area contributed by atoms with E-state index in [0.29, 0.717) is 26.4 Å². The van der Waals surface area contributed by atoms with Crippen molar-refractivity contribution in [2.75, 3.05) is 29.5 Å². The molecule has 0 bridgehead atoms. The van der Waals surface area contributed by atoms with Crippen molar-refractivity contribution in [2.24, 2.45) is 11.8 Å². The maximum atomic E-state index is 13.1. The van der Waals surface area contributed by atoms with Crippen LogP contribution in [0.1, 0.15) is 6.42 Å². The van der Waals surface area contributed by atoms with Crippen molar-refractivity contribution in [1.82, 2.24) is 9.97 Å². The highest BCUT2D eigenvalue weighted by atomic mass is 35.5. The molecule has 1 aliphatic heterocycles. The van der Waals surface area contributed by atoms with E-state index in [1.807, 2.05) is 0 Å². The minimum Gasteiger partial charge on any atom is -0.481 e. The molecule has 1 aromatic heterocycles. The Morgan fingerprint density at radius 2 is 2.10 bits per heavy atom. The maximum absolute atomic E-state index is 13.1. The number of anilines is 3. The molecular formula is C17H17ClF3N5O2S. The van der Waals surface area contributed by atoms with Crippen LogP contribution in [-0.4, -0.2) is 40.3 Å². The second-order valence-corrected chi connectivity index (χ2v) is 7.94. The van der Waals surface area contributed by atoms with E-state index in [0.717, 1.165) is 11.8 Å². The molecule has 12 heteroatoms. The summed E-state index contributed by atoms with van der Waals surface area (Å²) in [4.78, 5) is 21.7. The monoisotopic (exact) mass is 447 g/mol. The fourth-order valence-corrected chi connectivity index (χ4v) is 4.26. The van der Waals surface area contributed by atoms with E-state index in [9.17, 15) is 18.0 Å². The zero-order chi connectivity index (χ0) is 21.3. The Balaban J connectivity index is 1.75. The highest BCUT2D eigenvalue weighted by molar-refractivity contribution is 7.99. The molecule has 0 aliphatic carbocycles. The Morgan fingerprint density at radius 1 is 1.38 bits per heavy atom. The Kier molecular flexibility index (Phi) is 5.99. The van der Waals surface area contributed by atoms with E-state index in [1.165, 1.54) is 6.20 Å². The second kappa shape index (κ2) is 8.15. The first kappa shape index (κ1) is 21.3. The van der Waals surface area contributed by atoms with Crippen LogP contribution in [0.15, 0.2) is 34.3 Å². The highest BCUT2D eigenvalue weighted by Crippen LogP contribution is 2.40. The predicted molar refractivity (Wildman–Crippen MR) is 104 cm³/mol. The van der Waals surface area contributed by atoms with Crippen molar-refractivity contribution in [3.63, 3.8) is 0 Å². The van der Waals surface area contributed by atoms with Crippen LogP contribution in [0.25, 0.3) is 0 Å². The molecule has 156 valence electrons. The summed E-state index contributed by atoms with van der Waals surface area (Å²) in [5, 5.41) is 9.71. The van der Waals surface area contributed by atoms with Crippen molar-refractivity contribution >= 4 is 46.7 Å². The molecule has 29 heavy (non-hydrogen) atoms. The minimum absolute atomic E-state index is 0.0768. The van der Waals surface area contributed by atoms with Crippen LogP contribution < -0.4 is 16.4 Å². The number of aromatic nitrogens is 2. The predicted octanol–water partition coefficient (Wildman–Crippen LogP) is 3.54. The first-order valence-electron chi connectivity index (χ1n) is 8.46. The standard InChI is InChI=1S/C17H17ClF3N5O2S/c18-13-9(22)2-1-3-10(13)29-15-14(23)25-11(6-24-15)26-5-4-8(7-26)12(16(27)28)17(19,20)21/h1-3,6,8,12H,4-5,7,22H2,(H2,23,25)(H,27,28). The molecule has 0 radical (unpaired) electrons. The van der Waals surface area contributed by atoms with Gasteiger partial charge in [-0.1, -0.05) is 29.4 Å². The van der Waals surface area contributed by atoms with Crippen molar-refractivity contribution < 1.29 is 23.1 Å². The second-order valence-electron chi connectivity index (χ2n) is 6.53. The van der Waals surface area contributed by atoms with Gasteiger partial charge >= 0.3 is 12.1 Å². The molecule has 7 nitrogen and oxygen atoms in total. The van der Waals surface area contributed by atoms with E-state index >= 15 is 0 Å². The summed E-state index contributed by atoms with van der Waals surface area (Å²) in [5.74, 6) is -4.99. The number of nitrogens with two attached hydrogens (primary N) is 2. The summed E-state index contributed by atoms with van der Waals surface area (Å²) in [6.07, 6.45) is -3.34. The van der Waals surface area contributed by atoms with Gasteiger partial charge in [-0.25, -0.2) is 9.97 Å². The number of nitrogen functional groups attached to an aromatic ring is 2. The van der Waals surface area contributed by atoms with Gasteiger partial charge in [0, 0.05) is 23.9 Å². The van der Waals surface area contributed by atoms with Gasteiger partial charge < -0.3 is 21.5 Å². The number of hydrogen-bond acceptors (Lipinski definition) is 7. The van der Waals surface area contributed by atoms with Crippen LogP contribution >= 0.6 is 23.4 Å². The molecule has 2 heterocycles. The number of benzene rings is 1. The van der Waals surface area contributed by atoms with Crippen molar-refractivity contribution in [2.45, 2.75) is 22.5 Å². The van der Waals surface area contributed by atoms with Crippen molar-refractivity contribution in [3.8, 4) is 0 Å². The summed E-state index contributed by atoms with van der Waals surface area (Å²) >= 11 is 7.32. The third-order valence-electron chi connectivity index (χ3n) is 4.59. The molecule has 5 N–H and O–H groups in total. The lowest BCUT2D eigenvalue weighted by Crippen LogP contribution is -2.38. The van der Waals surface area contributed by atoms with Gasteiger partial charge in [0.1, 0.15) is 10.8 Å². The Labute approximate surface area is 173 Å². The lowest BCUT2D eigenvalue weighted by molar-refractivity contribution is -0.202. The molecule has 2 aromatic rings. The first-order chi connectivity index (χ1) is 13.6. The number of halogens is 4. The third-order valence-corrected chi connectivity index (χ3v) is 6.19. The van der Waals surface area contributed by atoms with Gasteiger partial charge in [0.15, 0.2) is 11.7 Å². The SMILES string of the molecule is Nc1cccc(Sc2ncc(N3CCC(C(C(=O)O)C(F)(F)F)C3)nc2N)c1Cl. The summed E-state index contributed by atoms with van der Waals surface area (Å²) in [7, 11) is 0. The molecular weight excluding hydrogens is 431 g/mol. The molecule has 0 amide bonds. The molecule has 2 unspecified atom stereocenters. The Hall–Kier alpha value is -2.40. The van der Waals surface area contributed by atoms with Crippen molar-refractivity contribution in [1.29, 1.82) is 0 Å². The normalized spacial score (nSPS) is 18.1. The van der Waals surface area contributed by atoms with E-state index in [1.54, 1.807) is 23.1 Å². The number of rotatable bonds is 5. The number of alkyl halides is 3. The lowest BCUT2D eigenvalue weighted by Gasteiger charge is -2.23. The van der Waals surface area contributed by atoms with Crippen LogP contribution in [0.3, 0.4) is 0 Å². The molecule has 3 rings (SSSR count). The molecule has 1 fully saturated rings. The number of hydrogen-bond donors (Lipinski definition) is 3. The maximum Gasteiger partial charge on any atom is 0.402 e. The number of carboxylic acid groups (broad SMARTS) is 1. The summed E-state index contributed by atoms with van der Waals surface area (Å²) in [5.41, 5.74) is 12.1. The van der Waals surface area contributed by atoms with Gasteiger partial charge in [0.25, 0.3) is 0 Å². The number of nitrogens with zero attached hydrogens (tertiary/aromatic N) is 3. The fraction of sp³-hybridized carbons (Fsp3) is 0.353. The third kappa shape index (κ3) is 4.61. The Bertz CT molecular complexity index is 930. The number of aliphatic carboxylic acids is 1. The molecule has 0 spiro atoms. The summed E-state index contributed by atoms with van der Waals surface area (Å²) in [6, 6.07) is 5.12. The lowest BCUT2D eigenvalue weighted by atomic mass is 9.91. The van der Waals surface area contributed by atoms with Gasteiger partial charge in [0.05, 0.1) is 16.9 Å². The highest BCUT2D eigenvalue weighted by Gasteiger charge is 2.51. The zero-order valence-electron chi connectivity index (χ0n) is 14.9. The van der Waals surface area contributed by atoms with Gasteiger partial charge in [-0.3, -0.25) is 4.79 Å². The average molecular weight is 448 g/mol. The largest absolute Gasteiger partial charge is 0.481 e. The Morgan fingerprint density at radius 3 is 2.72 bits per heavy atom. The quantitative estimate of drug-likeness (QED) is 0.595. The van der Waals surface area contributed by atoms with E-state index in [-0.39, 0.29) is 25.3 Å². The van der Waals surface area contributed by atoms with Crippen LogP contribution in [-0.2, 0) is 4.79 Å². The minimum atomic E-state index is -4.81. The smallest absolute Gasteiger partial charge is 0.402 e. The van der Waals surface area contributed by atoms with E-state index < -0.39 is 24.0 Å². The summed E-state index contributed by atoms with van der Waals surface area (Å²) in [6.45, 7) is 0.129. The van der Waals surface area contributed by atoms with E-state index in [4.69, 9.17) is 28.2 Å². The van der Waals surface area contributed by atoms with Gasteiger partial charge in [-0.2, -0.15) is 13.2 Å². The van der Waals surface area contributed by atoms with Crippen LogP contribution in [0.2, 0.25) is 5.02 Å². The molecule has 1 aliphatic rings. The molecule has 1 saturated heterocycles. The molecule has 1 aromatic carbocycles. The van der Waals surface area contributed by atoms with Gasteiger partial charge in [-0.05, 0) is 18.6 Å². The fourth-order valence-electron chi connectivity index (χ4n) is 3.20. The average Bonchev–Trinajstić information content (AvgIpc) is 3.08. The van der Waals surface area contributed by atoms with Crippen LogP contribution in [0.5, 0.6) is 0 Å². The van der Waals surface area contributed by atoms with Crippen LogP contribution in [0, 0.1) is 11.8 Å². The van der Waals surface area contributed by atoms with Crippen LogP contribution in [0.4, 0.5) is 30.5 Å². The number of carboxylic acids is 1. The topological polar surface area (TPSA) is 118 Å². The zero-order valence-corrected chi connectivity index (χ0v) is 16.4. The first-order valence-corrected chi connectivity index (χ1v) is 9.66. The summed E-state index contributed by atoms with van der Waals surface area (Å²) < 4.78 is 39.2. The molecule has 2 atom stereocenters.